The molecule has 0 unspecified atom stereocenters. The maximum Gasteiger partial charge on any atom is 0.263 e. The lowest BCUT2D eigenvalue weighted by atomic mass is 10.00. The van der Waals surface area contributed by atoms with E-state index in [1.54, 1.807) is 24.3 Å². The third-order valence-electron chi connectivity index (χ3n) is 2.07. The Hall–Kier alpha value is -1.97. The van der Waals surface area contributed by atoms with Crippen molar-refractivity contribution in [2.45, 2.75) is 6.42 Å². The van der Waals surface area contributed by atoms with E-state index < -0.39 is 5.91 Å². The lowest BCUT2D eigenvalue weighted by molar-refractivity contribution is -0.112. The van der Waals surface area contributed by atoms with Crippen LogP contribution in [0.4, 0.5) is 5.69 Å². The summed E-state index contributed by atoms with van der Waals surface area (Å²) in [5.74, 6) is -0.739. The molecule has 4 heteroatoms. The van der Waals surface area contributed by atoms with Gasteiger partial charge in [0.2, 0.25) is 0 Å². The van der Waals surface area contributed by atoms with Crippen LogP contribution in [-0.2, 0) is 4.79 Å². The van der Waals surface area contributed by atoms with Gasteiger partial charge in [0.05, 0.1) is 12.1 Å². The van der Waals surface area contributed by atoms with Crippen molar-refractivity contribution in [2.24, 2.45) is 10.7 Å². The number of amides is 1. The van der Waals surface area contributed by atoms with Gasteiger partial charge in [-0.05, 0) is 12.1 Å². The number of nitrogens with two attached hydrogens (primary N) is 1. The van der Waals surface area contributed by atoms with Crippen molar-refractivity contribution >= 4 is 23.1 Å². The van der Waals surface area contributed by atoms with Crippen molar-refractivity contribution in [1.82, 2.24) is 0 Å². The summed E-state index contributed by atoms with van der Waals surface area (Å²) in [6.45, 7) is 0. The van der Waals surface area contributed by atoms with E-state index in [1.165, 1.54) is 0 Å². The van der Waals surface area contributed by atoms with E-state index in [-0.39, 0.29) is 17.9 Å². The minimum absolute atomic E-state index is 0.00630. The highest BCUT2D eigenvalue weighted by molar-refractivity contribution is 6.44. The molecule has 0 aromatic heterocycles. The van der Waals surface area contributed by atoms with Gasteiger partial charge in [-0.2, -0.15) is 0 Å². The van der Waals surface area contributed by atoms with Crippen LogP contribution in [0.3, 0.4) is 0 Å². The highest BCUT2D eigenvalue weighted by Gasteiger charge is 2.21. The molecule has 0 bridgehead atoms. The van der Waals surface area contributed by atoms with Crippen LogP contribution in [0.5, 0.6) is 0 Å². The number of aliphatic imine (C=N–C) groups is 1. The molecule has 0 saturated carbocycles. The van der Waals surface area contributed by atoms with E-state index in [1.807, 2.05) is 0 Å². The Morgan fingerprint density at radius 2 is 2.07 bits per heavy atom. The number of hydrogen-bond donors (Lipinski definition) is 1. The summed E-state index contributed by atoms with van der Waals surface area (Å²) in [5.41, 5.74) is 6.28. The van der Waals surface area contributed by atoms with Crippen molar-refractivity contribution in [3.8, 4) is 0 Å². The van der Waals surface area contributed by atoms with Crippen LogP contribution in [0.2, 0.25) is 0 Å². The molecule has 0 spiro atoms. The van der Waals surface area contributed by atoms with Gasteiger partial charge in [-0.25, -0.2) is 4.99 Å². The number of rotatable bonds is 1. The zero-order valence-electron chi connectivity index (χ0n) is 7.36. The number of carbonyl (C=O) groups is 2. The van der Waals surface area contributed by atoms with E-state index in [0.717, 1.165) is 0 Å². The fourth-order valence-corrected chi connectivity index (χ4v) is 1.38. The smallest absolute Gasteiger partial charge is 0.263 e. The molecule has 1 aromatic carbocycles. The van der Waals surface area contributed by atoms with Crippen molar-refractivity contribution in [3.05, 3.63) is 29.8 Å². The van der Waals surface area contributed by atoms with Gasteiger partial charge in [-0.1, -0.05) is 12.1 Å². The molecule has 2 rings (SSSR count). The summed E-state index contributed by atoms with van der Waals surface area (Å²) in [4.78, 5) is 26.4. The maximum absolute atomic E-state index is 11.5. The number of para-hydroxylation sites is 1. The molecule has 1 heterocycles. The number of Topliss-reactive ketones (excluding diaryl/α,β-unsaturated/α-hetero) is 1. The average molecular weight is 188 g/mol. The van der Waals surface area contributed by atoms with Crippen LogP contribution >= 0.6 is 0 Å². The normalized spacial score (nSPS) is 14.6. The number of ketones is 1. The predicted octanol–water partition coefficient (Wildman–Crippen LogP) is 0.831. The van der Waals surface area contributed by atoms with Crippen molar-refractivity contribution in [3.63, 3.8) is 0 Å². The number of carbonyl (C=O) groups excluding carboxylic acids is 2. The molecule has 1 amide bonds. The molecule has 1 aliphatic heterocycles. The Bertz CT molecular complexity index is 449. The summed E-state index contributed by atoms with van der Waals surface area (Å²) in [6, 6.07) is 6.91. The second-order valence-corrected chi connectivity index (χ2v) is 3.04. The van der Waals surface area contributed by atoms with E-state index in [4.69, 9.17) is 5.73 Å². The van der Waals surface area contributed by atoms with Gasteiger partial charge in [0.25, 0.3) is 5.91 Å². The minimum Gasteiger partial charge on any atom is -0.365 e. The van der Waals surface area contributed by atoms with E-state index in [0.29, 0.717) is 11.3 Å². The van der Waals surface area contributed by atoms with Gasteiger partial charge >= 0.3 is 0 Å². The molecule has 1 aromatic rings. The van der Waals surface area contributed by atoms with Crippen LogP contribution in [0, 0.1) is 0 Å². The zero-order chi connectivity index (χ0) is 10.1. The Morgan fingerprint density at radius 3 is 2.79 bits per heavy atom. The van der Waals surface area contributed by atoms with Crippen molar-refractivity contribution in [1.29, 1.82) is 0 Å². The first-order valence-electron chi connectivity index (χ1n) is 4.18. The molecule has 1 aliphatic rings. The van der Waals surface area contributed by atoms with Gasteiger partial charge in [-0.15, -0.1) is 0 Å². The van der Waals surface area contributed by atoms with Crippen LogP contribution in [0.25, 0.3) is 0 Å². The molecule has 4 nitrogen and oxygen atoms in total. The first kappa shape index (κ1) is 8.62. The van der Waals surface area contributed by atoms with Crippen LogP contribution in [-0.4, -0.2) is 17.4 Å². The summed E-state index contributed by atoms with van der Waals surface area (Å²) in [6.07, 6.45) is 0.00630. The van der Waals surface area contributed by atoms with E-state index in [2.05, 4.69) is 4.99 Å². The largest absolute Gasteiger partial charge is 0.365 e. The van der Waals surface area contributed by atoms with Crippen LogP contribution in [0.15, 0.2) is 29.3 Å². The monoisotopic (exact) mass is 188 g/mol. The van der Waals surface area contributed by atoms with E-state index >= 15 is 0 Å². The molecule has 0 aliphatic carbocycles. The number of nitrogens with zero attached hydrogens (tertiary/aromatic N) is 1. The third-order valence-corrected chi connectivity index (χ3v) is 2.07. The summed E-state index contributed by atoms with van der Waals surface area (Å²) in [7, 11) is 0. The van der Waals surface area contributed by atoms with Crippen LogP contribution in [0.1, 0.15) is 16.8 Å². The molecule has 0 saturated heterocycles. The fourth-order valence-electron chi connectivity index (χ4n) is 1.38. The zero-order valence-corrected chi connectivity index (χ0v) is 7.36. The van der Waals surface area contributed by atoms with Gasteiger partial charge in [0.15, 0.2) is 5.78 Å². The molecule has 14 heavy (non-hydrogen) atoms. The second kappa shape index (κ2) is 3.06. The lowest BCUT2D eigenvalue weighted by Gasteiger charge is -2.11. The molecule has 0 radical (unpaired) electrons. The Morgan fingerprint density at radius 1 is 1.36 bits per heavy atom. The van der Waals surface area contributed by atoms with Crippen molar-refractivity contribution in [2.75, 3.05) is 0 Å². The Kier molecular flexibility index (Phi) is 1.89. The Labute approximate surface area is 80.4 Å². The molecule has 0 atom stereocenters. The van der Waals surface area contributed by atoms with Crippen LogP contribution < -0.4 is 5.73 Å². The lowest BCUT2D eigenvalue weighted by Crippen LogP contribution is -2.27. The fraction of sp³-hybridized carbons (Fsp3) is 0.100. The predicted molar refractivity (Wildman–Crippen MR) is 51.7 cm³/mol. The maximum atomic E-state index is 11.5. The molecule has 2 N–H and O–H groups in total. The highest BCUT2D eigenvalue weighted by Crippen LogP contribution is 2.24. The van der Waals surface area contributed by atoms with Gasteiger partial charge in [0.1, 0.15) is 5.71 Å². The second-order valence-electron chi connectivity index (χ2n) is 3.04. The van der Waals surface area contributed by atoms with Gasteiger partial charge in [0, 0.05) is 5.56 Å². The van der Waals surface area contributed by atoms with Crippen molar-refractivity contribution < 1.29 is 9.59 Å². The quantitative estimate of drug-likeness (QED) is 0.708. The summed E-state index contributed by atoms with van der Waals surface area (Å²) < 4.78 is 0. The van der Waals surface area contributed by atoms with Gasteiger partial charge in [-0.3, -0.25) is 9.59 Å². The number of benzene rings is 1. The molecular weight excluding hydrogens is 180 g/mol. The number of hydrogen-bond acceptors (Lipinski definition) is 3. The summed E-state index contributed by atoms with van der Waals surface area (Å²) in [5, 5.41) is 0. The number of primary amides is 1. The molecule has 70 valence electrons. The highest BCUT2D eigenvalue weighted by atomic mass is 16.1. The number of fused-ring (bicyclic) bond motifs is 1. The molecular formula is C10H8N2O2. The average Bonchev–Trinajstić information content (AvgIpc) is 2.17. The van der Waals surface area contributed by atoms with E-state index in [9.17, 15) is 9.59 Å². The SMILES string of the molecule is NC(=O)C1=Nc2ccccc2C(=O)C1. The topological polar surface area (TPSA) is 72.5 Å². The minimum atomic E-state index is -0.632. The summed E-state index contributed by atoms with van der Waals surface area (Å²) >= 11 is 0. The molecule has 0 fully saturated rings. The first-order chi connectivity index (χ1) is 6.68. The standard InChI is InChI=1S/C10H8N2O2/c11-10(14)8-5-9(13)6-3-1-2-4-7(6)12-8/h1-4H,5H2,(H2,11,14). The third kappa shape index (κ3) is 1.31. The first-order valence-corrected chi connectivity index (χ1v) is 4.18. The van der Waals surface area contributed by atoms with Gasteiger partial charge < -0.3 is 5.73 Å². The Balaban J connectivity index is 2.56.